The first-order chi connectivity index (χ1) is 10.5. The maximum Gasteiger partial charge on any atom is 0.214 e. The number of fused-ring (bicyclic) bond motifs is 1. The lowest BCUT2D eigenvalue weighted by molar-refractivity contribution is 0.313. The van der Waals surface area contributed by atoms with Crippen LogP contribution in [-0.2, 0) is 10.0 Å². The summed E-state index contributed by atoms with van der Waals surface area (Å²) < 4.78 is 39.4. The molecule has 1 N–H and O–H groups in total. The molecule has 0 spiro atoms. The van der Waals surface area contributed by atoms with E-state index in [0.717, 1.165) is 29.4 Å². The van der Waals surface area contributed by atoms with E-state index in [1.165, 1.54) is 12.1 Å². The Balaban J connectivity index is 1.84. The van der Waals surface area contributed by atoms with Gasteiger partial charge < -0.3 is 4.98 Å². The molecule has 120 valence electrons. The minimum atomic E-state index is -3.15. The minimum absolute atomic E-state index is 0.149. The quantitative estimate of drug-likeness (QED) is 0.939. The summed E-state index contributed by atoms with van der Waals surface area (Å²) in [6.45, 7) is 3.00. The molecule has 1 aliphatic heterocycles. The highest BCUT2D eigenvalue weighted by atomic mass is 32.2. The van der Waals surface area contributed by atoms with Crippen molar-refractivity contribution >= 4 is 20.9 Å². The van der Waals surface area contributed by atoms with E-state index in [2.05, 4.69) is 4.98 Å². The van der Waals surface area contributed by atoms with Crippen molar-refractivity contribution in [2.24, 2.45) is 0 Å². The largest absolute Gasteiger partial charge is 0.358 e. The lowest BCUT2D eigenvalue weighted by Crippen LogP contribution is -2.40. The Morgan fingerprint density at radius 1 is 1.36 bits per heavy atom. The van der Waals surface area contributed by atoms with Crippen LogP contribution in [0, 0.1) is 5.82 Å². The minimum Gasteiger partial charge on any atom is -0.358 e. The Bertz CT molecular complexity index is 770. The van der Waals surface area contributed by atoms with Gasteiger partial charge in [-0.05, 0) is 43.5 Å². The number of H-pyrrole nitrogens is 1. The molecule has 2 aromatic rings. The molecule has 1 aromatic heterocycles. The van der Waals surface area contributed by atoms with Crippen molar-refractivity contribution in [3.63, 3.8) is 0 Å². The van der Waals surface area contributed by atoms with E-state index < -0.39 is 10.0 Å². The molecule has 1 aliphatic rings. The molecular weight excluding hydrogens is 303 g/mol. The van der Waals surface area contributed by atoms with E-state index in [0.29, 0.717) is 19.5 Å². The number of rotatable bonds is 4. The maximum absolute atomic E-state index is 13.3. The number of nitrogens with one attached hydrogen (secondary N) is 1. The van der Waals surface area contributed by atoms with Crippen molar-refractivity contribution in [2.45, 2.75) is 32.1 Å². The zero-order valence-corrected chi connectivity index (χ0v) is 13.5. The number of hydrogen-bond acceptors (Lipinski definition) is 2. The van der Waals surface area contributed by atoms with Gasteiger partial charge in [-0.25, -0.2) is 17.1 Å². The molecule has 0 aliphatic carbocycles. The van der Waals surface area contributed by atoms with E-state index in [9.17, 15) is 12.8 Å². The van der Waals surface area contributed by atoms with Crippen molar-refractivity contribution in [1.29, 1.82) is 0 Å². The van der Waals surface area contributed by atoms with Crippen LogP contribution in [0.15, 0.2) is 24.3 Å². The standard InChI is InChI=1S/C16H21FN2O2S/c1-2-8-22(20,21)19-7-3-4-12(11-19)16-10-13-9-14(17)5-6-15(13)18-16/h5-6,9-10,12,18H,2-4,7-8,11H2,1H3. The van der Waals surface area contributed by atoms with Gasteiger partial charge in [0.05, 0.1) is 5.75 Å². The third kappa shape index (κ3) is 3.03. The summed E-state index contributed by atoms with van der Waals surface area (Å²) in [5, 5.41) is 0.837. The molecule has 0 bridgehead atoms. The number of hydrogen-bond donors (Lipinski definition) is 1. The molecule has 1 fully saturated rings. The number of sulfonamides is 1. The molecule has 6 heteroatoms. The maximum atomic E-state index is 13.3. The van der Waals surface area contributed by atoms with Gasteiger partial charge in [0.1, 0.15) is 5.82 Å². The van der Waals surface area contributed by atoms with Crippen molar-refractivity contribution in [3.8, 4) is 0 Å². The van der Waals surface area contributed by atoms with Gasteiger partial charge >= 0.3 is 0 Å². The fourth-order valence-electron chi connectivity index (χ4n) is 3.18. The third-order valence-electron chi connectivity index (χ3n) is 4.28. The van der Waals surface area contributed by atoms with Gasteiger partial charge in [-0.15, -0.1) is 0 Å². The Labute approximate surface area is 130 Å². The normalized spacial score (nSPS) is 20.5. The van der Waals surface area contributed by atoms with Crippen LogP contribution < -0.4 is 0 Å². The van der Waals surface area contributed by atoms with E-state index in [1.54, 1.807) is 10.4 Å². The lowest BCUT2D eigenvalue weighted by atomic mass is 9.96. The van der Waals surface area contributed by atoms with Crippen molar-refractivity contribution in [2.75, 3.05) is 18.8 Å². The van der Waals surface area contributed by atoms with Crippen molar-refractivity contribution < 1.29 is 12.8 Å². The summed E-state index contributed by atoms with van der Waals surface area (Å²) in [5.41, 5.74) is 1.89. The predicted octanol–water partition coefficient (Wildman–Crippen LogP) is 3.23. The van der Waals surface area contributed by atoms with E-state index in [-0.39, 0.29) is 17.5 Å². The van der Waals surface area contributed by atoms with Crippen molar-refractivity contribution in [1.82, 2.24) is 9.29 Å². The average molecular weight is 324 g/mol. The first-order valence-corrected chi connectivity index (χ1v) is 9.36. The molecule has 0 saturated carbocycles. The van der Waals surface area contributed by atoms with Crippen LogP contribution in [0.3, 0.4) is 0 Å². The number of benzene rings is 1. The van der Waals surface area contributed by atoms with E-state index in [4.69, 9.17) is 0 Å². The van der Waals surface area contributed by atoms with Gasteiger partial charge in [0.2, 0.25) is 10.0 Å². The van der Waals surface area contributed by atoms with Gasteiger partial charge in [0.25, 0.3) is 0 Å². The molecule has 0 amide bonds. The Hall–Kier alpha value is -1.40. The van der Waals surface area contributed by atoms with Gasteiger partial charge in [-0.3, -0.25) is 0 Å². The molecule has 1 saturated heterocycles. The molecule has 4 nitrogen and oxygen atoms in total. The third-order valence-corrected chi connectivity index (χ3v) is 6.33. The van der Waals surface area contributed by atoms with Crippen LogP contribution in [0.5, 0.6) is 0 Å². The van der Waals surface area contributed by atoms with Crippen molar-refractivity contribution in [3.05, 3.63) is 35.8 Å². The lowest BCUT2D eigenvalue weighted by Gasteiger charge is -2.31. The highest BCUT2D eigenvalue weighted by molar-refractivity contribution is 7.89. The van der Waals surface area contributed by atoms with Crippen LogP contribution in [-0.4, -0.2) is 36.5 Å². The number of aromatic nitrogens is 1. The molecule has 3 rings (SSSR count). The Morgan fingerprint density at radius 2 is 2.18 bits per heavy atom. The summed E-state index contributed by atoms with van der Waals surface area (Å²) in [6, 6.07) is 6.60. The van der Waals surface area contributed by atoms with Gasteiger partial charge in [0, 0.05) is 35.6 Å². The summed E-state index contributed by atoms with van der Waals surface area (Å²) in [7, 11) is -3.15. The number of nitrogens with zero attached hydrogens (tertiary/aromatic N) is 1. The number of halogens is 1. The SMILES string of the molecule is CCCS(=O)(=O)N1CCCC(c2cc3cc(F)ccc3[nH]2)C1. The molecule has 1 atom stereocenters. The summed E-state index contributed by atoms with van der Waals surface area (Å²) in [5.74, 6) is 0.0992. The summed E-state index contributed by atoms with van der Waals surface area (Å²) in [4.78, 5) is 3.31. The fourth-order valence-corrected chi connectivity index (χ4v) is 4.77. The fraction of sp³-hybridized carbons (Fsp3) is 0.500. The monoisotopic (exact) mass is 324 g/mol. The second-order valence-corrected chi connectivity index (χ2v) is 8.06. The van der Waals surface area contributed by atoms with Gasteiger partial charge in [-0.1, -0.05) is 6.92 Å². The van der Waals surface area contributed by atoms with Gasteiger partial charge in [-0.2, -0.15) is 0 Å². The van der Waals surface area contributed by atoms with E-state index in [1.807, 2.05) is 13.0 Å². The average Bonchev–Trinajstić information content (AvgIpc) is 2.90. The topological polar surface area (TPSA) is 53.2 Å². The molecule has 22 heavy (non-hydrogen) atoms. The van der Waals surface area contributed by atoms with Crippen LogP contribution in [0.25, 0.3) is 10.9 Å². The zero-order valence-electron chi connectivity index (χ0n) is 12.7. The molecule has 1 aromatic carbocycles. The zero-order chi connectivity index (χ0) is 15.7. The predicted molar refractivity (Wildman–Crippen MR) is 85.9 cm³/mol. The first-order valence-electron chi connectivity index (χ1n) is 7.75. The molecule has 2 heterocycles. The highest BCUT2D eigenvalue weighted by Crippen LogP contribution is 2.30. The van der Waals surface area contributed by atoms with Crippen LogP contribution in [0.1, 0.15) is 37.8 Å². The van der Waals surface area contributed by atoms with Gasteiger partial charge in [0.15, 0.2) is 0 Å². The number of piperidine rings is 1. The smallest absolute Gasteiger partial charge is 0.214 e. The Kier molecular flexibility index (Phi) is 4.23. The molecular formula is C16H21FN2O2S. The summed E-state index contributed by atoms with van der Waals surface area (Å²) >= 11 is 0. The summed E-state index contributed by atoms with van der Waals surface area (Å²) in [6.07, 6.45) is 2.44. The van der Waals surface area contributed by atoms with Crippen LogP contribution >= 0.6 is 0 Å². The van der Waals surface area contributed by atoms with E-state index >= 15 is 0 Å². The second kappa shape index (κ2) is 6.01. The van der Waals surface area contributed by atoms with Crippen LogP contribution in [0.2, 0.25) is 0 Å². The Morgan fingerprint density at radius 3 is 2.95 bits per heavy atom. The molecule has 1 unspecified atom stereocenters. The second-order valence-electron chi connectivity index (χ2n) is 5.97. The molecule has 0 radical (unpaired) electrons. The first kappa shape index (κ1) is 15.5. The highest BCUT2D eigenvalue weighted by Gasteiger charge is 2.29. The van der Waals surface area contributed by atoms with Crippen LogP contribution in [0.4, 0.5) is 4.39 Å². The number of aromatic amines is 1.